The summed E-state index contributed by atoms with van der Waals surface area (Å²) in [7, 11) is 0. The van der Waals surface area contributed by atoms with Crippen LogP contribution in [0, 0.1) is 0 Å². The molecule has 0 saturated carbocycles. The Bertz CT molecular complexity index is 926. The van der Waals surface area contributed by atoms with Crippen molar-refractivity contribution in [1.29, 1.82) is 0 Å². The molecule has 0 aliphatic carbocycles. The zero-order valence-corrected chi connectivity index (χ0v) is 14.1. The maximum atomic E-state index is 12.6. The lowest BCUT2D eigenvalue weighted by Gasteiger charge is -2.14. The summed E-state index contributed by atoms with van der Waals surface area (Å²) >= 11 is 0. The molecule has 0 heterocycles. The van der Waals surface area contributed by atoms with Gasteiger partial charge in [0, 0.05) is 5.56 Å². The molecule has 0 atom stereocenters. The predicted octanol–water partition coefficient (Wildman–Crippen LogP) is 5.23. The molecule has 6 heteroatoms. The van der Waals surface area contributed by atoms with Gasteiger partial charge in [0.1, 0.15) is 18.1 Å². The number of rotatable bonds is 7. The zero-order chi connectivity index (χ0) is 19.2. The zero-order valence-electron chi connectivity index (χ0n) is 14.1. The molecule has 0 fully saturated rings. The molecule has 3 aromatic rings. The van der Waals surface area contributed by atoms with Gasteiger partial charge in [-0.3, -0.25) is 0 Å². The first-order chi connectivity index (χ1) is 13.0. The Labute approximate surface area is 154 Å². The molecule has 0 aliphatic heterocycles. The molecule has 0 spiro atoms. The Kier molecular flexibility index (Phi) is 5.66. The molecule has 1 N–H and O–H groups in total. The van der Waals surface area contributed by atoms with Crippen molar-refractivity contribution in [3.05, 3.63) is 83.9 Å². The Morgan fingerprint density at radius 2 is 1.67 bits per heavy atom. The Balaban J connectivity index is 1.95. The number of hydrogen-bond donors (Lipinski definition) is 1. The van der Waals surface area contributed by atoms with E-state index in [1.807, 2.05) is 30.3 Å². The third kappa shape index (κ3) is 4.82. The minimum Gasteiger partial charge on any atom is -0.488 e. The highest BCUT2D eigenvalue weighted by Gasteiger charge is 2.14. The molecule has 0 radical (unpaired) electrons. The number of carboxylic acid groups (broad SMARTS) is 1. The van der Waals surface area contributed by atoms with E-state index in [4.69, 9.17) is 4.74 Å². The molecule has 138 valence electrons. The van der Waals surface area contributed by atoms with Crippen molar-refractivity contribution in [2.45, 2.75) is 13.2 Å². The molecule has 0 aliphatic rings. The second-order valence-corrected chi connectivity index (χ2v) is 5.70. The Hall–Kier alpha value is -3.41. The number of hydrogen-bond acceptors (Lipinski definition) is 3. The fraction of sp³-hybridized carbons (Fsp3) is 0.0952. The first-order valence-electron chi connectivity index (χ1n) is 8.12. The van der Waals surface area contributed by atoms with Gasteiger partial charge in [-0.25, -0.2) is 4.79 Å². The van der Waals surface area contributed by atoms with E-state index in [1.165, 1.54) is 12.1 Å². The molecular weight excluding hydrogens is 354 g/mol. The van der Waals surface area contributed by atoms with E-state index in [0.717, 1.165) is 11.6 Å². The summed E-state index contributed by atoms with van der Waals surface area (Å²) in [5.74, 6) is -0.955. The molecule has 3 aromatic carbocycles. The Morgan fingerprint density at radius 3 is 2.37 bits per heavy atom. The van der Waals surface area contributed by atoms with Gasteiger partial charge in [0.15, 0.2) is 0 Å². The van der Waals surface area contributed by atoms with Gasteiger partial charge in [0.05, 0.1) is 5.56 Å². The highest BCUT2D eigenvalue weighted by molar-refractivity contribution is 5.90. The van der Waals surface area contributed by atoms with Crippen LogP contribution < -0.4 is 9.47 Å². The van der Waals surface area contributed by atoms with E-state index in [2.05, 4.69) is 4.74 Å². The number of carboxylic acids is 1. The van der Waals surface area contributed by atoms with E-state index in [0.29, 0.717) is 23.5 Å². The van der Waals surface area contributed by atoms with Crippen LogP contribution in [0.5, 0.6) is 11.5 Å². The molecule has 0 unspecified atom stereocenters. The number of alkyl halides is 2. The van der Waals surface area contributed by atoms with Crippen molar-refractivity contribution in [2.24, 2.45) is 0 Å². The molecule has 0 aromatic heterocycles. The number of aromatic carboxylic acids is 1. The maximum Gasteiger partial charge on any atom is 0.387 e. The van der Waals surface area contributed by atoms with Gasteiger partial charge in [-0.15, -0.1) is 0 Å². The summed E-state index contributed by atoms with van der Waals surface area (Å²) in [6.45, 7) is -2.73. The average Bonchev–Trinajstić information content (AvgIpc) is 2.66. The van der Waals surface area contributed by atoms with Gasteiger partial charge in [-0.2, -0.15) is 8.78 Å². The summed E-state index contributed by atoms with van der Waals surface area (Å²) in [4.78, 5) is 11.3. The van der Waals surface area contributed by atoms with Crippen molar-refractivity contribution in [3.8, 4) is 22.6 Å². The first-order valence-corrected chi connectivity index (χ1v) is 8.12. The minimum absolute atomic E-state index is 0.152. The normalized spacial score (nSPS) is 10.6. The quantitative estimate of drug-likeness (QED) is 0.619. The van der Waals surface area contributed by atoms with Crippen molar-refractivity contribution in [3.63, 3.8) is 0 Å². The highest BCUT2D eigenvalue weighted by atomic mass is 19.3. The topological polar surface area (TPSA) is 55.8 Å². The SMILES string of the molecule is O=C(O)c1cc(OC(F)F)cc(-c2ccccc2OCc2ccccc2)c1. The minimum atomic E-state index is -3.05. The summed E-state index contributed by atoms with van der Waals surface area (Å²) in [6.07, 6.45) is 0. The van der Waals surface area contributed by atoms with Gasteiger partial charge < -0.3 is 14.6 Å². The van der Waals surface area contributed by atoms with Crippen LogP contribution in [0.15, 0.2) is 72.8 Å². The number of benzene rings is 3. The summed E-state index contributed by atoms with van der Waals surface area (Å²) < 4.78 is 35.4. The molecule has 0 amide bonds. The van der Waals surface area contributed by atoms with Crippen LogP contribution in [0.2, 0.25) is 0 Å². The number of carbonyl (C=O) groups is 1. The van der Waals surface area contributed by atoms with Gasteiger partial charge in [-0.05, 0) is 35.4 Å². The van der Waals surface area contributed by atoms with Crippen molar-refractivity contribution in [1.82, 2.24) is 0 Å². The predicted molar refractivity (Wildman–Crippen MR) is 96.2 cm³/mol. The summed E-state index contributed by atoms with van der Waals surface area (Å²) in [6, 6.07) is 20.4. The third-order valence-electron chi connectivity index (χ3n) is 3.81. The van der Waals surface area contributed by atoms with Crippen LogP contribution >= 0.6 is 0 Å². The molecule has 3 rings (SSSR count). The largest absolute Gasteiger partial charge is 0.488 e. The van der Waals surface area contributed by atoms with E-state index >= 15 is 0 Å². The van der Waals surface area contributed by atoms with Gasteiger partial charge in [0.2, 0.25) is 0 Å². The lowest BCUT2D eigenvalue weighted by molar-refractivity contribution is -0.0498. The van der Waals surface area contributed by atoms with E-state index in [-0.39, 0.29) is 11.3 Å². The highest BCUT2D eigenvalue weighted by Crippen LogP contribution is 2.34. The lowest BCUT2D eigenvalue weighted by atomic mass is 10.0. The van der Waals surface area contributed by atoms with Crippen molar-refractivity contribution in [2.75, 3.05) is 0 Å². The molecular formula is C21H16F2O4. The summed E-state index contributed by atoms with van der Waals surface area (Å²) in [5.41, 5.74) is 1.80. The second-order valence-electron chi connectivity index (χ2n) is 5.70. The Morgan fingerprint density at radius 1 is 0.963 bits per heavy atom. The van der Waals surface area contributed by atoms with Crippen LogP contribution in [0.3, 0.4) is 0 Å². The number of para-hydroxylation sites is 1. The van der Waals surface area contributed by atoms with E-state index < -0.39 is 12.6 Å². The number of ether oxygens (including phenoxy) is 2. The monoisotopic (exact) mass is 370 g/mol. The second kappa shape index (κ2) is 8.31. The smallest absolute Gasteiger partial charge is 0.387 e. The van der Waals surface area contributed by atoms with Gasteiger partial charge in [-0.1, -0.05) is 48.5 Å². The average molecular weight is 370 g/mol. The fourth-order valence-corrected chi connectivity index (χ4v) is 2.62. The maximum absolute atomic E-state index is 12.6. The lowest BCUT2D eigenvalue weighted by Crippen LogP contribution is -2.04. The molecule has 4 nitrogen and oxygen atoms in total. The van der Waals surface area contributed by atoms with Crippen molar-refractivity contribution >= 4 is 5.97 Å². The van der Waals surface area contributed by atoms with Gasteiger partial charge >= 0.3 is 12.6 Å². The molecule has 0 bridgehead atoms. The van der Waals surface area contributed by atoms with Crippen LogP contribution in [-0.4, -0.2) is 17.7 Å². The van der Waals surface area contributed by atoms with Crippen LogP contribution in [0.1, 0.15) is 15.9 Å². The molecule has 0 saturated heterocycles. The van der Waals surface area contributed by atoms with Crippen LogP contribution in [-0.2, 0) is 6.61 Å². The van der Waals surface area contributed by atoms with E-state index in [9.17, 15) is 18.7 Å². The number of halogens is 2. The molecule has 27 heavy (non-hydrogen) atoms. The third-order valence-corrected chi connectivity index (χ3v) is 3.81. The standard InChI is InChI=1S/C21H16F2O4/c22-21(23)27-17-11-15(10-16(12-17)20(24)25)18-8-4-5-9-19(18)26-13-14-6-2-1-3-7-14/h1-12,21H,13H2,(H,24,25). The fourth-order valence-electron chi connectivity index (χ4n) is 2.62. The van der Waals surface area contributed by atoms with Crippen LogP contribution in [0.25, 0.3) is 11.1 Å². The van der Waals surface area contributed by atoms with Gasteiger partial charge in [0.25, 0.3) is 0 Å². The van der Waals surface area contributed by atoms with E-state index in [1.54, 1.807) is 24.3 Å². The summed E-state index contributed by atoms with van der Waals surface area (Å²) in [5, 5.41) is 9.26. The van der Waals surface area contributed by atoms with Crippen molar-refractivity contribution < 1.29 is 28.2 Å². The first kappa shape index (κ1) is 18.4. The van der Waals surface area contributed by atoms with Crippen LogP contribution in [0.4, 0.5) is 8.78 Å².